The SMILES string of the molecule is Nc1nc(NCc2nc3ccccc3[nH]2)cc(C2CC(N)C2)n1. The number of hydrogen-bond acceptors (Lipinski definition) is 6. The van der Waals surface area contributed by atoms with Gasteiger partial charge in [-0.1, -0.05) is 12.1 Å². The summed E-state index contributed by atoms with van der Waals surface area (Å²) in [6, 6.07) is 10.2. The second-order valence-corrected chi connectivity index (χ2v) is 6.02. The molecule has 2 heterocycles. The van der Waals surface area contributed by atoms with Gasteiger partial charge in [0.2, 0.25) is 5.95 Å². The maximum Gasteiger partial charge on any atom is 0.222 e. The number of para-hydroxylation sites is 2. The zero-order valence-corrected chi connectivity index (χ0v) is 12.7. The minimum absolute atomic E-state index is 0.281. The number of nitrogens with two attached hydrogens (primary N) is 2. The highest BCUT2D eigenvalue weighted by atomic mass is 15.1. The molecule has 2 aromatic heterocycles. The highest BCUT2D eigenvalue weighted by Crippen LogP contribution is 2.35. The van der Waals surface area contributed by atoms with Crippen molar-refractivity contribution in [3.8, 4) is 0 Å². The molecule has 7 nitrogen and oxygen atoms in total. The number of aromatic nitrogens is 4. The van der Waals surface area contributed by atoms with E-state index in [2.05, 4.69) is 25.3 Å². The minimum atomic E-state index is 0.281. The van der Waals surface area contributed by atoms with E-state index in [4.69, 9.17) is 11.5 Å². The van der Waals surface area contributed by atoms with Gasteiger partial charge in [0, 0.05) is 18.0 Å². The Morgan fingerprint density at radius 3 is 2.78 bits per heavy atom. The lowest BCUT2D eigenvalue weighted by atomic mass is 9.78. The predicted molar refractivity (Wildman–Crippen MR) is 89.8 cm³/mol. The van der Waals surface area contributed by atoms with E-state index >= 15 is 0 Å². The number of benzene rings is 1. The van der Waals surface area contributed by atoms with Crippen LogP contribution in [-0.2, 0) is 6.54 Å². The molecule has 0 saturated heterocycles. The summed E-state index contributed by atoms with van der Waals surface area (Å²) in [6.07, 6.45) is 1.92. The number of hydrogen-bond donors (Lipinski definition) is 4. The van der Waals surface area contributed by atoms with Crippen molar-refractivity contribution < 1.29 is 0 Å². The maximum absolute atomic E-state index is 5.85. The molecular weight excluding hydrogens is 290 g/mol. The molecule has 23 heavy (non-hydrogen) atoms. The molecule has 1 aliphatic carbocycles. The van der Waals surface area contributed by atoms with Gasteiger partial charge in [0.1, 0.15) is 11.6 Å². The number of rotatable bonds is 4. The fourth-order valence-electron chi connectivity index (χ4n) is 2.95. The summed E-state index contributed by atoms with van der Waals surface area (Å²) in [5, 5.41) is 3.26. The number of imidazole rings is 1. The van der Waals surface area contributed by atoms with E-state index in [0.717, 1.165) is 35.4 Å². The molecule has 4 rings (SSSR count). The van der Waals surface area contributed by atoms with Crippen molar-refractivity contribution in [3.63, 3.8) is 0 Å². The van der Waals surface area contributed by atoms with Gasteiger partial charge >= 0.3 is 0 Å². The lowest BCUT2D eigenvalue weighted by molar-refractivity contribution is 0.345. The average Bonchev–Trinajstić information content (AvgIpc) is 2.92. The molecule has 0 bridgehead atoms. The molecule has 1 fully saturated rings. The average molecular weight is 309 g/mol. The van der Waals surface area contributed by atoms with Crippen LogP contribution in [0.3, 0.4) is 0 Å². The zero-order valence-electron chi connectivity index (χ0n) is 12.7. The summed E-state index contributed by atoms with van der Waals surface area (Å²) in [6.45, 7) is 0.550. The van der Waals surface area contributed by atoms with Crippen molar-refractivity contribution in [1.29, 1.82) is 0 Å². The van der Waals surface area contributed by atoms with Gasteiger partial charge in [-0.05, 0) is 25.0 Å². The Labute approximate surface area is 133 Å². The first-order chi connectivity index (χ1) is 11.2. The fourth-order valence-corrected chi connectivity index (χ4v) is 2.95. The topological polar surface area (TPSA) is 119 Å². The molecule has 1 saturated carbocycles. The molecule has 0 aliphatic heterocycles. The summed E-state index contributed by atoms with van der Waals surface area (Å²) in [4.78, 5) is 16.4. The van der Waals surface area contributed by atoms with Gasteiger partial charge in [0.05, 0.1) is 23.3 Å². The summed E-state index contributed by atoms with van der Waals surface area (Å²) in [7, 11) is 0. The van der Waals surface area contributed by atoms with Gasteiger partial charge in [-0.3, -0.25) is 0 Å². The molecule has 1 aliphatic rings. The van der Waals surface area contributed by atoms with E-state index in [0.29, 0.717) is 18.3 Å². The number of H-pyrrole nitrogens is 1. The van der Waals surface area contributed by atoms with Crippen LogP contribution in [0.5, 0.6) is 0 Å². The van der Waals surface area contributed by atoms with Crippen LogP contribution in [0.2, 0.25) is 0 Å². The van der Waals surface area contributed by atoms with Gasteiger partial charge in [-0.2, -0.15) is 4.98 Å². The molecule has 0 spiro atoms. The van der Waals surface area contributed by atoms with Crippen molar-refractivity contribution in [2.45, 2.75) is 31.3 Å². The number of nitrogens with zero attached hydrogens (tertiary/aromatic N) is 3. The normalized spacial score (nSPS) is 20.4. The third kappa shape index (κ3) is 2.83. The molecule has 0 radical (unpaired) electrons. The summed E-state index contributed by atoms with van der Waals surface area (Å²) in [5.41, 5.74) is 14.6. The van der Waals surface area contributed by atoms with Gasteiger partial charge in [-0.15, -0.1) is 0 Å². The Morgan fingerprint density at radius 1 is 1.17 bits per heavy atom. The van der Waals surface area contributed by atoms with E-state index in [-0.39, 0.29) is 12.0 Å². The second-order valence-electron chi connectivity index (χ2n) is 6.02. The van der Waals surface area contributed by atoms with Gasteiger partial charge < -0.3 is 21.8 Å². The van der Waals surface area contributed by atoms with Crippen LogP contribution in [0.15, 0.2) is 30.3 Å². The van der Waals surface area contributed by atoms with Crippen LogP contribution in [0.4, 0.5) is 11.8 Å². The number of nitrogen functional groups attached to an aromatic ring is 1. The third-order valence-corrected chi connectivity index (χ3v) is 4.23. The maximum atomic E-state index is 5.85. The van der Waals surface area contributed by atoms with Crippen molar-refractivity contribution in [2.24, 2.45) is 5.73 Å². The first-order valence-corrected chi connectivity index (χ1v) is 7.75. The van der Waals surface area contributed by atoms with E-state index in [1.807, 2.05) is 30.3 Å². The second kappa shape index (κ2) is 5.51. The minimum Gasteiger partial charge on any atom is -0.368 e. The van der Waals surface area contributed by atoms with E-state index in [9.17, 15) is 0 Å². The number of aromatic amines is 1. The standard InChI is InChI=1S/C16H19N7/c17-10-5-9(6-10)13-7-14(23-16(18)22-13)19-8-15-20-11-3-1-2-4-12(11)21-15/h1-4,7,9-10H,5-6,8,17H2,(H,20,21)(H3,18,19,22,23). The molecule has 1 aromatic carbocycles. The quantitative estimate of drug-likeness (QED) is 0.583. The Balaban J connectivity index is 1.49. The Kier molecular flexibility index (Phi) is 3.34. The summed E-state index contributed by atoms with van der Waals surface area (Å²) in [5.74, 6) is 2.25. The Morgan fingerprint density at radius 2 is 2.00 bits per heavy atom. The highest BCUT2D eigenvalue weighted by Gasteiger charge is 2.29. The number of nitrogens with one attached hydrogen (secondary N) is 2. The van der Waals surface area contributed by atoms with Crippen LogP contribution < -0.4 is 16.8 Å². The number of fused-ring (bicyclic) bond motifs is 1. The predicted octanol–water partition coefficient (Wildman–Crippen LogP) is 1.75. The number of anilines is 2. The molecule has 0 atom stereocenters. The third-order valence-electron chi connectivity index (χ3n) is 4.23. The highest BCUT2D eigenvalue weighted by molar-refractivity contribution is 5.74. The van der Waals surface area contributed by atoms with E-state index in [1.165, 1.54) is 0 Å². The van der Waals surface area contributed by atoms with Crippen molar-refractivity contribution in [2.75, 3.05) is 11.1 Å². The van der Waals surface area contributed by atoms with Crippen LogP contribution in [0.1, 0.15) is 30.3 Å². The van der Waals surface area contributed by atoms with Gasteiger partial charge in [0.15, 0.2) is 0 Å². The smallest absolute Gasteiger partial charge is 0.222 e. The van der Waals surface area contributed by atoms with Crippen LogP contribution >= 0.6 is 0 Å². The summed E-state index contributed by atoms with van der Waals surface area (Å²) >= 11 is 0. The Hall–Kier alpha value is -2.67. The first kappa shape index (κ1) is 14.0. The Bertz CT molecular complexity index is 802. The fraction of sp³-hybridized carbons (Fsp3) is 0.312. The first-order valence-electron chi connectivity index (χ1n) is 7.75. The largest absolute Gasteiger partial charge is 0.368 e. The monoisotopic (exact) mass is 309 g/mol. The zero-order chi connectivity index (χ0) is 15.8. The van der Waals surface area contributed by atoms with E-state index in [1.54, 1.807) is 0 Å². The molecular formula is C16H19N7. The molecule has 7 heteroatoms. The van der Waals surface area contributed by atoms with Crippen molar-refractivity contribution in [3.05, 3.63) is 41.9 Å². The van der Waals surface area contributed by atoms with Gasteiger partial charge in [-0.25, -0.2) is 9.97 Å². The summed E-state index contributed by atoms with van der Waals surface area (Å²) < 4.78 is 0. The lowest BCUT2D eigenvalue weighted by Gasteiger charge is -2.32. The van der Waals surface area contributed by atoms with Crippen LogP contribution in [0.25, 0.3) is 11.0 Å². The molecule has 6 N–H and O–H groups in total. The molecule has 118 valence electrons. The molecule has 0 amide bonds. The van der Waals surface area contributed by atoms with Crippen molar-refractivity contribution in [1.82, 2.24) is 19.9 Å². The van der Waals surface area contributed by atoms with Gasteiger partial charge in [0.25, 0.3) is 0 Å². The van der Waals surface area contributed by atoms with Crippen molar-refractivity contribution >= 4 is 22.8 Å². The van der Waals surface area contributed by atoms with Crippen LogP contribution in [-0.4, -0.2) is 26.0 Å². The molecule has 3 aromatic rings. The molecule has 0 unspecified atom stereocenters. The lowest BCUT2D eigenvalue weighted by Crippen LogP contribution is -2.35. The van der Waals surface area contributed by atoms with Crippen LogP contribution in [0, 0.1) is 0 Å². The van der Waals surface area contributed by atoms with E-state index < -0.39 is 0 Å².